The summed E-state index contributed by atoms with van der Waals surface area (Å²) in [5.41, 5.74) is 0.728. The third-order valence-corrected chi connectivity index (χ3v) is 5.13. The quantitative estimate of drug-likeness (QED) is 0.713. The molecule has 0 spiro atoms. The Kier molecular flexibility index (Phi) is 5.24. The van der Waals surface area contributed by atoms with E-state index in [1.165, 1.54) is 0 Å². The zero-order valence-electron chi connectivity index (χ0n) is 13.3. The van der Waals surface area contributed by atoms with Gasteiger partial charge in [0.1, 0.15) is 16.8 Å². The number of hydrogen-bond donors (Lipinski definition) is 3. The van der Waals surface area contributed by atoms with Crippen molar-refractivity contribution in [2.75, 3.05) is 5.32 Å². The molecule has 9 heteroatoms. The van der Waals surface area contributed by atoms with Crippen molar-refractivity contribution in [1.29, 1.82) is 0 Å². The summed E-state index contributed by atoms with van der Waals surface area (Å²) in [7, 11) is -4.35. The second-order valence-corrected chi connectivity index (χ2v) is 7.81. The summed E-state index contributed by atoms with van der Waals surface area (Å²) >= 11 is 0. The molecule has 1 aliphatic rings. The predicted molar refractivity (Wildman–Crippen MR) is 84.6 cm³/mol. The summed E-state index contributed by atoms with van der Waals surface area (Å²) in [6.45, 7) is 3.51. The van der Waals surface area contributed by atoms with Crippen molar-refractivity contribution >= 4 is 27.6 Å². The number of aryl methyl sites for hydroxylation is 1. The van der Waals surface area contributed by atoms with Gasteiger partial charge in [0.25, 0.3) is 0 Å². The van der Waals surface area contributed by atoms with Crippen molar-refractivity contribution in [3.63, 3.8) is 0 Å². The number of carbonyl (C=O) groups is 2. The van der Waals surface area contributed by atoms with Gasteiger partial charge >= 0.3 is 5.97 Å². The molecule has 2 rings (SSSR count). The van der Waals surface area contributed by atoms with Gasteiger partial charge in [-0.05, 0) is 36.5 Å². The maximum atomic E-state index is 14.2. The SMILES string of the molecule is CC(C)C[C@@H](NS(=O)(=O)c1cc2c(cc1F)NC(=O)CC2)C(=O)O. The van der Waals surface area contributed by atoms with E-state index in [-0.39, 0.29) is 36.8 Å². The number of nitrogens with one attached hydrogen (secondary N) is 2. The molecule has 0 saturated heterocycles. The first-order valence-electron chi connectivity index (χ1n) is 7.47. The van der Waals surface area contributed by atoms with E-state index in [0.717, 1.165) is 12.1 Å². The summed E-state index contributed by atoms with van der Waals surface area (Å²) < 4.78 is 41.0. The summed E-state index contributed by atoms with van der Waals surface area (Å²) in [5.74, 6) is -2.69. The first-order chi connectivity index (χ1) is 11.1. The van der Waals surface area contributed by atoms with E-state index in [1.807, 2.05) is 4.72 Å². The Balaban J connectivity index is 2.35. The minimum Gasteiger partial charge on any atom is -0.480 e. The molecule has 0 fully saturated rings. The van der Waals surface area contributed by atoms with Crippen molar-refractivity contribution in [3.05, 3.63) is 23.5 Å². The van der Waals surface area contributed by atoms with Crippen LogP contribution >= 0.6 is 0 Å². The Morgan fingerprint density at radius 1 is 1.38 bits per heavy atom. The van der Waals surface area contributed by atoms with Gasteiger partial charge in [-0.2, -0.15) is 4.72 Å². The number of aliphatic carboxylic acids is 1. The molecule has 0 bridgehead atoms. The zero-order chi connectivity index (χ0) is 18.1. The van der Waals surface area contributed by atoms with E-state index in [4.69, 9.17) is 5.11 Å². The van der Waals surface area contributed by atoms with Gasteiger partial charge in [-0.15, -0.1) is 0 Å². The van der Waals surface area contributed by atoms with Crippen LogP contribution < -0.4 is 10.0 Å². The van der Waals surface area contributed by atoms with Gasteiger partial charge < -0.3 is 10.4 Å². The Morgan fingerprint density at radius 2 is 2.04 bits per heavy atom. The lowest BCUT2D eigenvalue weighted by atomic mass is 10.0. The molecule has 0 saturated carbocycles. The number of hydrogen-bond acceptors (Lipinski definition) is 4. The number of carboxylic acid groups (broad SMARTS) is 1. The summed E-state index contributed by atoms with van der Waals surface area (Å²) in [5, 5.41) is 11.6. The van der Waals surface area contributed by atoms with Crippen LogP contribution in [0.3, 0.4) is 0 Å². The van der Waals surface area contributed by atoms with E-state index in [0.29, 0.717) is 5.56 Å². The van der Waals surface area contributed by atoms with E-state index >= 15 is 0 Å². The molecule has 1 aromatic carbocycles. The average Bonchev–Trinajstić information content (AvgIpc) is 2.44. The number of anilines is 1. The fourth-order valence-electron chi connectivity index (χ4n) is 2.51. The number of halogens is 1. The van der Waals surface area contributed by atoms with Gasteiger partial charge in [0.05, 0.1) is 0 Å². The molecule has 1 amide bonds. The highest BCUT2D eigenvalue weighted by Crippen LogP contribution is 2.28. The fraction of sp³-hybridized carbons (Fsp3) is 0.467. The van der Waals surface area contributed by atoms with Gasteiger partial charge in [-0.3, -0.25) is 9.59 Å². The van der Waals surface area contributed by atoms with E-state index in [9.17, 15) is 22.4 Å². The normalized spacial score (nSPS) is 15.8. The molecular formula is C15H19FN2O5S. The Bertz CT molecular complexity index is 776. The summed E-state index contributed by atoms with van der Waals surface area (Å²) in [6.07, 6.45) is 0.548. The Labute approximate surface area is 139 Å². The number of amides is 1. The van der Waals surface area contributed by atoms with Gasteiger partial charge in [-0.1, -0.05) is 13.8 Å². The van der Waals surface area contributed by atoms with Crippen LogP contribution in [-0.2, 0) is 26.0 Å². The number of rotatable bonds is 6. The van der Waals surface area contributed by atoms with Crippen LogP contribution in [0.2, 0.25) is 0 Å². The summed E-state index contributed by atoms with van der Waals surface area (Å²) in [6, 6.07) is 0.741. The zero-order valence-corrected chi connectivity index (χ0v) is 14.1. The molecule has 0 radical (unpaired) electrons. The highest BCUT2D eigenvalue weighted by Gasteiger charge is 2.29. The first kappa shape index (κ1) is 18.3. The third-order valence-electron chi connectivity index (χ3n) is 3.65. The number of fused-ring (bicyclic) bond motifs is 1. The van der Waals surface area contributed by atoms with Crippen LogP contribution in [0.15, 0.2) is 17.0 Å². The summed E-state index contributed by atoms with van der Waals surface area (Å²) in [4.78, 5) is 21.9. The second-order valence-electron chi connectivity index (χ2n) is 6.13. The molecule has 0 aliphatic carbocycles. The standard InChI is InChI=1S/C15H19FN2O5S/c1-8(2)5-12(15(20)21)18-24(22,23)13-6-9-3-4-14(19)17-11(9)7-10(13)16/h6-8,12,18H,3-5H2,1-2H3,(H,17,19)(H,20,21)/t12-/m1/s1. The maximum absolute atomic E-state index is 14.2. The average molecular weight is 358 g/mol. The van der Waals surface area contributed by atoms with Crippen molar-refractivity contribution < 1.29 is 27.5 Å². The number of carbonyl (C=O) groups excluding carboxylic acids is 1. The topological polar surface area (TPSA) is 113 Å². The monoisotopic (exact) mass is 358 g/mol. The van der Waals surface area contributed by atoms with Crippen molar-refractivity contribution in [2.24, 2.45) is 5.92 Å². The second kappa shape index (κ2) is 6.86. The highest BCUT2D eigenvalue weighted by atomic mass is 32.2. The molecular weight excluding hydrogens is 339 g/mol. The fourth-order valence-corrected chi connectivity index (χ4v) is 3.82. The lowest BCUT2D eigenvalue weighted by Crippen LogP contribution is -2.41. The lowest BCUT2D eigenvalue weighted by molar-refractivity contribution is -0.139. The smallest absolute Gasteiger partial charge is 0.321 e. The van der Waals surface area contributed by atoms with Gasteiger partial charge in [0, 0.05) is 12.1 Å². The minimum atomic E-state index is -4.35. The van der Waals surface area contributed by atoms with Crippen LogP contribution in [0.5, 0.6) is 0 Å². The van der Waals surface area contributed by atoms with Gasteiger partial charge in [0.2, 0.25) is 15.9 Å². The minimum absolute atomic E-state index is 0.0580. The molecule has 3 N–H and O–H groups in total. The number of carboxylic acids is 1. The van der Waals surface area contributed by atoms with E-state index in [2.05, 4.69) is 5.32 Å². The van der Waals surface area contributed by atoms with Crippen molar-refractivity contribution in [3.8, 4) is 0 Å². The van der Waals surface area contributed by atoms with Crippen molar-refractivity contribution in [1.82, 2.24) is 4.72 Å². The maximum Gasteiger partial charge on any atom is 0.321 e. The van der Waals surface area contributed by atoms with Crippen LogP contribution in [0.25, 0.3) is 0 Å². The predicted octanol–water partition coefficient (Wildman–Crippen LogP) is 1.49. The molecule has 24 heavy (non-hydrogen) atoms. The third kappa shape index (κ3) is 4.09. The Hall–Kier alpha value is -2.00. The van der Waals surface area contributed by atoms with Crippen LogP contribution in [0.4, 0.5) is 10.1 Å². The molecule has 0 aromatic heterocycles. The van der Waals surface area contributed by atoms with Gasteiger partial charge in [-0.25, -0.2) is 12.8 Å². The van der Waals surface area contributed by atoms with E-state index < -0.39 is 32.7 Å². The van der Waals surface area contributed by atoms with Crippen LogP contribution in [0.1, 0.15) is 32.3 Å². The Morgan fingerprint density at radius 3 is 2.62 bits per heavy atom. The lowest BCUT2D eigenvalue weighted by Gasteiger charge is -2.20. The van der Waals surface area contributed by atoms with Crippen LogP contribution in [0, 0.1) is 11.7 Å². The number of sulfonamides is 1. The highest BCUT2D eigenvalue weighted by molar-refractivity contribution is 7.89. The van der Waals surface area contributed by atoms with E-state index in [1.54, 1.807) is 13.8 Å². The molecule has 132 valence electrons. The molecule has 7 nitrogen and oxygen atoms in total. The largest absolute Gasteiger partial charge is 0.480 e. The van der Waals surface area contributed by atoms with Crippen LogP contribution in [-0.4, -0.2) is 31.4 Å². The molecule has 1 atom stereocenters. The molecule has 0 unspecified atom stereocenters. The number of benzene rings is 1. The van der Waals surface area contributed by atoms with Gasteiger partial charge in [0.15, 0.2) is 0 Å². The molecule has 1 aliphatic heterocycles. The van der Waals surface area contributed by atoms with Crippen molar-refractivity contribution in [2.45, 2.75) is 44.0 Å². The first-order valence-corrected chi connectivity index (χ1v) is 8.96. The molecule has 1 heterocycles. The molecule has 1 aromatic rings.